The van der Waals surface area contributed by atoms with Gasteiger partial charge in [-0.25, -0.2) is 0 Å². The molecular weight excluding hydrogens is 100 g/mol. The van der Waals surface area contributed by atoms with Gasteiger partial charge >= 0.3 is 0 Å². The van der Waals surface area contributed by atoms with Gasteiger partial charge in [0.15, 0.2) is 0 Å². The van der Waals surface area contributed by atoms with Gasteiger partial charge in [0, 0.05) is 25.4 Å². The Kier molecular flexibility index (Phi) is 1.33. The number of allylic oxidation sites excluding steroid dienone is 2. The molecule has 0 N–H and O–H groups in total. The van der Waals surface area contributed by atoms with Crippen molar-refractivity contribution in [2.45, 2.75) is 13.3 Å². The van der Waals surface area contributed by atoms with Crippen molar-refractivity contribution in [3.8, 4) is 0 Å². The van der Waals surface area contributed by atoms with E-state index in [-0.39, 0.29) is 0 Å². The predicted octanol–water partition coefficient (Wildman–Crippen LogP) is 1.21. The van der Waals surface area contributed by atoms with Crippen LogP contribution in [0, 0.1) is 0 Å². The van der Waals surface area contributed by atoms with Crippen molar-refractivity contribution in [2.24, 2.45) is 5.10 Å². The second kappa shape index (κ2) is 1.99. The molecule has 0 atom stereocenters. The van der Waals surface area contributed by atoms with Gasteiger partial charge in [0.25, 0.3) is 0 Å². The van der Waals surface area contributed by atoms with E-state index in [9.17, 15) is 0 Å². The zero-order chi connectivity index (χ0) is 5.98. The van der Waals surface area contributed by atoms with Crippen molar-refractivity contribution in [1.82, 2.24) is 5.01 Å². The van der Waals surface area contributed by atoms with Crippen LogP contribution in [0.1, 0.15) is 13.3 Å². The summed E-state index contributed by atoms with van der Waals surface area (Å²) in [5, 5.41) is 5.92. The van der Waals surface area contributed by atoms with Crippen molar-refractivity contribution in [2.75, 3.05) is 7.05 Å². The van der Waals surface area contributed by atoms with E-state index >= 15 is 0 Å². The normalized spacial score (nSPS) is 18.8. The van der Waals surface area contributed by atoms with E-state index in [1.54, 1.807) is 0 Å². The van der Waals surface area contributed by atoms with Crippen LogP contribution >= 0.6 is 0 Å². The lowest BCUT2D eigenvalue weighted by molar-refractivity contribution is 0.441. The van der Waals surface area contributed by atoms with E-state index in [1.165, 1.54) is 5.70 Å². The summed E-state index contributed by atoms with van der Waals surface area (Å²) in [6, 6.07) is 0. The maximum atomic E-state index is 4.05. The molecule has 2 nitrogen and oxygen atoms in total. The number of rotatable bonds is 0. The summed E-state index contributed by atoms with van der Waals surface area (Å²) in [6.45, 7) is 2.05. The van der Waals surface area contributed by atoms with Crippen molar-refractivity contribution < 1.29 is 0 Å². The predicted molar refractivity (Wildman–Crippen MR) is 34.6 cm³/mol. The minimum atomic E-state index is 0.982. The fraction of sp³-hybridized carbons (Fsp3) is 0.500. The molecular formula is C6H10N2. The van der Waals surface area contributed by atoms with Crippen LogP contribution in [0.25, 0.3) is 0 Å². The molecule has 0 saturated carbocycles. The van der Waals surface area contributed by atoms with Crippen LogP contribution < -0.4 is 0 Å². The first-order valence-electron chi connectivity index (χ1n) is 2.73. The first-order chi connectivity index (χ1) is 3.80. The molecule has 0 saturated heterocycles. The summed E-state index contributed by atoms with van der Waals surface area (Å²) in [5.41, 5.74) is 1.23. The van der Waals surface area contributed by atoms with Crippen LogP contribution in [0.15, 0.2) is 16.9 Å². The molecule has 1 aliphatic rings. The number of hydrazone groups is 1. The zero-order valence-corrected chi connectivity index (χ0v) is 5.26. The van der Waals surface area contributed by atoms with Crippen LogP contribution in [-0.2, 0) is 0 Å². The number of hydrogen-bond acceptors (Lipinski definition) is 2. The highest BCUT2D eigenvalue weighted by Crippen LogP contribution is 2.04. The van der Waals surface area contributed by atoms with Crippen LogP contribution in [0.5, 0.6) is 0 Å². The summed E-state index contributed by atoms with van der Waals surface area (Å²) in [4.78, 5) is 0. The Bertz CT molecular complexity index is 135. The van der Waals surface area contributed by atoms with Gasteiger partial charge < -0.3 is 0 Å². The van der Waals surface area contributed by atoms with Crippen LogP contribution in [0.3, 0.4) is 0 Å². The third-order valence-corrected chi connectivity index (χ3v) is 1.28. The van der Waals surface area contributed by atoms with E-state index in [4.69, 9.17) is 0 Å². The Labute approximate surface area is 49.5 Å². The smallest absolute Gasteiger partial charge is 0.0299 e. The average molecular weight is 110 g/mol. The molecule has 0 amide bonds. The molecule has 0 aromatic heterocycles. The Hall–Kier alpha value is -0.790. The van der Waals surface area contributed by atoms with Gasteiger partial charge in [-0.05, 0) is 6.92 Å². The Morgan fingerprint density at radius 1 is 1.75 bits per heavy atom. The number of nitrogens with zero attached hydrogens (tertiary/aromatic N) is 2. The Morgan fingerprint density at radius 2 is 2.50 bits per heavy atom. The fourth-order valence-corrected chi connectivity index (χ4v) is 0.616. The molecule has 0 aromatic carbocycles. The SMILES string of the molecule is CC1=CCC=NN1C. The Morgan fingerprint density at radius 3 is 2.88 bits per heavy atom. The van der Waals surface area contributed by atoms with E-state index in [1.807, 2.05) is 18.3 Å². The largest absolute Gasteiger partial charge is 0.274 e. The number of hydrogen-bond donors (Lipinski definition) is 0. The molecule has 0 aromatic rings. The van der Waals surface area contributed by atoms with Crippen LogP contribution in [0.4, 0.5) is 0 Å². The van der Waals surface area contributed by atoms with E-state index in [0.29, 0.717) is 0 Å². The highest BCUT2D eigenvalue weighted by atomic mass is 15.4. The third kappa shape index (κ3) is 0.886. The maximum absolute atomic E-state index is 4.05. The van der Waals surface area contributed by atoms with Gasteiger partial charge in [-0.3, -0.25) is 5.01 Å². The highest BCUT2D eigenvalue weighted by Gasteiger charge is 1.96. The molecule has 0 bridgehead atoms. The lowest BCUT2D eigenvalue weighted by atomic mass is 10.3. The van der Waals surface area contributed by atoms with Gasteiger partial charge in [-0.1, -0.05) is 6.08 Å². The minimum absolute atomic E-state index is 0.982. The van der Waals surface area contributed by atoms with Crippen molar-refractivity contribution in [1.29, 1.82) is 0 Å². The minimum Gasteiger partial charge on any atom is -0.274 e. The molecule has 0 fully saturated rings. The highest BCUT2D eigenvalue weighted by molar-refractivity contribution is 5.60. The van der Waals surface area contributed by atoms with E-state index < -0.39 is 0 Å². The van der Waals surface area contributed by atoms with Crippen molar-refractivity contribution >= 4 is 6.21 Å². The quantitative estimate of drug-likeness (QED) is 0.457. The average Bonchev–Trinajstić information content (AvgIpc) is 1.77. The van der Waals surface area contributed by atoms with E-state index in [0.717, 1.165) is 6.42 Å². The molecule has 1 rings (SSSR count). The molecule has 2 heteroatoms. The van der Waals surface area contributed by atoms with Gasteiger partial charge in [-0.15, -0.1) is 0 Å². The maximum Gasteiger partial charge on any atom is 0.0299 e. The molecule has 44 valence electrons. The van der Waals surface area contributed by atoms with Crippen LogP contribution in [-0.4, -0.2) is 18.3 Å². The first kappa shape index (κ1) is 5.35. The second-order valence-electron chi connectivity index (χ2n) is 1.90. The van der Waals surface area contributed by atoms with Gasteiger partial charge in [0.2, 0.25) is 0 Å². The molecule has 8 heavy (non-hydrogen) atoms. The third-order valence-electron chi connectivity index (χ3n) is 1.28. The first-order valence-corrected chi connectivity index (χ1v) is 2.73. The Balaban J connectivity index is 2.63. The molecule has 1 aliphatic heterocycles. The molecule has 0 aliphatic carbocycles. The summed E-state index contributed by atoms with van der Waals surface area (Å²) in [5.74, 6) is 0. The topological polar surface area (TPSA) is 15.6 Å². The summed E-state index contributed by atoms with van der Waals surface area (Å²) in [6.07, 6.45) is 5.02. The molecule has 0 radical (unpaired) electrons. The molecule has 0 unspecified atom stereocenters. The van der Waals surface area contributed by atoms with E-state index in [2.05, 4.69) is 18.1 Å². The molecule has 1 heterocycles. The zero-order valence-electron chi connectivity index (χ0n) is 5.26. The fourth-order valence-electron chi connectivity index (χ4n) is 0.616. The summed E-state index contributed by atoms with van der Waals surface area (Å²) >= 11 is 0. The second-order valence-corrected chi connectivity index (χ2v) is 1.90. The van der Waals surface area contributed by atoms with Crippen LogP contribution in [0.2, 0.25) is 0 Å². The summed E-state index contributed by atoms with van der Waals surface area (Å²) in [7, 11) is 1.95. The van der Waals surface area contributed by atoms with Gasteiger partial charge in [0.05, 0.1) is 0 Å². The monoisotopic (exact) mass is 110 g/mol. The molecule has 0 spiro atoms. The standard InChI is InChI=1S/C6H10N2/c1-6-4-3-5-7-8(6)2/h4-5H,3H2,1-2H3. The lowest BCUT2D eigenvalue weighted by Gasteiger charge is -2.15. The van der Waals surface area contributed by atoms with Crippen molar-refractivity contribution in [3.05, 3.63) is 11.8 Å². The van der Waals surface area contributed by atoms with Gasteiger partial charge in [-0.2, -0.15) is 5.10 Å². The van der Waals surface area contributed by atoms with Crippen molar-refractivity contribution in [3.63, 3.8) is 0 Å². The lowest BCUT2D eigenvalue weighted by Crippen LogP contribution is -2.10. The van der Waals surface area contributed by atoms with Gasteiger partial charge in [0.1, 0.15) is 0 Å². The summed E-state index contributed by atoms with van der Waals surface area (Å²) < 4.78 is 0.